The van der Waals surface area contributed by atoms with Crippen molar-refractivity contribution in [3.8, 4) is 5.75 Å². The van der Waals surface area contributed by atoms with Gasteiger partial charge in [-0.3, -0.25) is 4.79 Å². The molecule has 0 bridgehead atoms. The molecular weight excluding hydrogens is 188 g/mol. The van der Waals surface area contributed by atoms with Gasteiger partial charge in [-0.15, -0.1) is 0 Å². The summed E-state index contributed by atoms with van der Waals surface area (Å²) in [6.07, 6.45) is 2.58. The van der Waals surface area contributed by atoms with Crippen LogP contribution in [0.5, 0.6) is 5.75 Å². The molecule has 1 aromatic carbocycles. The minimum Gasteiger partial charge on any atom is -0.488 e. The first-order chi connectivity index (χ1) is 6.29. The van der Waals surface area contributed by atoms with Gasteiger partial charge in [0.05, 0.1) is 0 Å². The van der Waals surface area contributed by atoms with Gasteiger partial charge < -0.3 is 4.74 Å². The van der Waals surface area contributed by atoms with Crippen LogP contribution >= 0.6 is 11.6 Å². The van der Waals surface area contributed by atoms with Crippen molar-refractivity contribution in [2.24, 2.45) is 0 Å². The number of halogens is 1. The monoisotopic (exact) mass is 194 g/mol. The molecule has 1 aromatic rings. The lowest BCUT2D eigenvalue weighted by molar-refractivity contribution is -0.105. The van der Waals surface area contributed by atoms with E-state index in [4.69, 9.17) is 16.3 Å². The van der Waals surface area contributed by atoms with Crippen LogP contribution in [-0.4, -0.2) is 12.9 Å². The van der Waals surface area contributed by atoms with E-state index in [2.05, 4.69) is 0 Å². The van der Waals surface area contributed by atoms with E-state index in [1.54, 1.807) is 24.3 Å². The fraction of sp³-hybridized carbons (Fsp3) is 0.100. The first-order valence-electron chi connectivity index (χ1n) is 3.88. The Bertz CT molecular complexity index is 383. The number of aldehydes is 1. The largest absolute Gasteiger partial charge is 0.488 e. The Labute approximate surface area is 80.8 Å². The Morgan fingerprint density at radius 2 is 2.31 bits per heavy atom. The molecule has 0 saturated carbocycles. The van der Waals surface area contributed by atoms with Crippen LogP contribution in [0.15, 0.2) is 23.8 Å². The summed E-state index contributed by atoms with van der Waals surface area (Å²) in [6.45, 7) is 0.345. The Hall–Kier alpha value is -1.28. The van der Waals surface area contributed by atoms with Gasteiger partial charge in [0.25, 0.3) is 0 Å². The van der Waals surface area contributed by atoms with Crippen LogP contribution in [0, 0.1) is 0 Å². The van der Waals surface area contributed by atoms with Crippen molar-refractivity contribution in [2.75, 3.05) is 6.61 Å². The summed E-state index contributed by atoms with van der Waals surface area (Å²) in [6, 6.07) is 5.34. The highest BCUT2D eigenvalue weighted by atomic mass is 35.5. The predicted molar refractivity (Wildman–Crippen MR) is 51.0 cm³/mol. The van der Waals surface area contributed by atoms with Gasteiger partial charge in [0.2, 0.25) is 0 Å². The summed E-state index contributed by atoms with van der Waals surface area (Å²) >= 11 is 5.79. The third-order valence-corrected chi connectivity index (χ3v) is 2.09. The van der Waals surface area contributed by atoms with E-state index in [0.717, 1.165) is 17.6 Å². The molecule has 0 aromatic heterocycles. The van der Waals surface area contributed by atoms with Gasteiger partial charge in [-0.05, 0) is 24.3 Å². The van der Waals surface area contributed by atoms with Crippen LogP contribution in [0.3, 0.4) is 0 Å². The molecule has 0 N–H and O–H groups in total. The molecule has 0 fully saturated rings. The topological polar surface area (TPSA) is 26.3 Å². The van der Waals surface area contributed by atoms with E-state index in [-0.39, 0.29) is 0 Å². The van der Waals surface area contributed by atoms with Crippen LogP contribution in [0.25, 0.3) is 6.08 Å². The Morgan fingerprint density at radius 3 is 3.08 bits per heavy atom. The van der Waals surface area contributed by atoms with Crippen molar-refractivity contribution in [1.29, 1.82) is 0 Å². The number of rotatable bonds is 1. The fourth-order valence-corrected chi connectivity index (χ4v) is 1.41. The van der Waals surface area contributed by atoms with Gasteiger partial charge in [0.1, 0.15) is 18.6 Å². The van der Waals surface area contributed by atoms with Crippen molar-refractivity contribution >= 4 is 24.0 Å². The zero-order chi connectivity index (χ0) is 9.26. The lowest BCUT2D eigenvalue weighted by Crippen LogP contribution is -2.07. The van der Waals surface area contributed by atoms with E-state index in [0.29, 0.717) is 17.2 Å². The van der Waals surface area contributed by atoms with Crippen molar-refractivity contribution in [2.45, 2.75) is 0 Å². The maximum atomic E-state index is 10.5. The van der Waals surface area contributed by atoms with E-state index in [9.17, 15) is 4.79 Å². The quantitative estimate of drug-likeness (QED) is 0.642. The number of hydrogen-bond acceptors (Lipinski definition) is 2. The number of ether oxygens (including phenoxy) is 1. The third kappa shape index (κ3) is 1.58. The molecule has 0 saturated heterocycles. The molecule has 0 atom stereocenters. The second-order valence-electron chi connectivity index (χ2n) is 2.81. The van der Waals surface area contributed by atoms with Crippen LogP contribution in [0.4, 0.5) is 0 Å². The fourth-order valence-electron chi connectivity index (χ4n) is 1.23. The van der Waals surface area contributed by atoms with Crippen molar-refractivity contribution < 1.29 is 9.53 Å². The molecule has 1 aliphatic heterocycles. The summed E-state index contributed by atoms with van der Waals surface area (Å²) in [5.74, 6) is 0.773. The van der Waals surface area contributed by atoms with Gasteiger partial charge >= 0.3 is 0 Å². The number of hydrogen-bond donors (Lipinski definition) is 0. The summed E-state index contributed by atoms with van der Waals surface area (Å²) in [5.41, 5.74) is 1.50. The number of carbonyl (C=O) groups excluding carboxylic acids is 1. The zero-order valence-electron chi connectivity index (χ0n) is 6.79. The molecule has 2 nitrogen and oxygen atoms in total. The molecule has 1 heterocycles. The average molecular weight is 195 g/mol. The normalized spacial score (nSPS) is 14.1. The molecule has 0 radical (unpaired) electrons. The molecule has 66 valence electrons. The molecule has 0 unspecified atom stereocenters. The van der Waals surface area contributed by atoms with Gasteiger partial charge in [-0.1, -0.05) is 11.6 Å². The van der Waals surface area contributed by atoms with Crippen molar-refractivity contribution in [1.82, 2.24) is 0 Å². The SMILES string of the molecule is O=CC1=Cc2cc(Cl)ccc2OC1. The van der Waals surface area contributed by atoms with E-state index < -0.39 is 0 Å². The Balaban J connectivity index is 2.49. The second-order valence-corrected chi connectivity index (χ2v) is 3.24. The lowest BCUT2D eigenvalue weighted by Gasteiger charge is -2.14. The highest BCUT2D eigenvalue weighted by Gasteiger charge is 2.10. The average Bonchev–Trinajstić information content (AvgIpc) is 2.16. The molecule has 0 aliphatic carbocycles. The van der Waals surface area contributed by atoms with Crippen LogP contribution in [0.1, 0.15) is 5.56 Å². The highest BCUT2D eigenvalue weighted by molar-refractivity contribution is 6.30. The first kappa shape index (κ1) is 8.32. The van der Waals surface area contributed by atoms with E-state index >= 15 is 0 Å². The van der Waals surface area contributed by atoms with Crippen LogP contribution in [0.2, 0.25) is 5.02 Å². The zero-order valence-corrected chi connectivity index (χ0v) is 7.54. The Morgan fingerprint density at radius 1 is 1.46 bits per heavy atom. The molecule has 2 rings (SSSR count). The van der Waals surface area contributed by atoms with Crippen LogP contribution < -0.4 is 4.74 Å². The molecule has 1 aliphatic rings. The first-order valence-corrected chi connectivity index (χ1v) is 4.25. The number of carbonyl (C=O) groups is 1. The van der Waals surface area contributed by atoms with Crippen molar-refractivity contribution in [3.05, 3.63) is 34.4 Å². The number of benzene rings is 1. The molecule has 3 heteroatoms. The van der Waals surface area contributed by atoms with Crippen LogP contribution in [-0.2, 0) is 4.79 Å². The predicted octanol–water partition coefficient (Wildman–Crippen LogP) is 2.31. The summed E-state index contributed by atoms with van der Waals surface area (Å²) in [5, 5.41) is 0.644. The van der Waals surface area contributed by atoms with Gasteiger partial charge in [-0.2, -0.15) is 0 Å². The maximum Gasteiger partial charge on any atom is 0.149 e. The minimum absolute atomic E-state index is 0.345. The van der Waals surface area contributed by atoms with E-state index in [1.807, 2.05) is 0 Å². The highest BCUT2D eigenvalue weighted by Crippen LogP contribution is 2.28. The molecule has 0 spiro atoms. The molecule has 0 amide bonds. The third-order valence-electron chi connectivity index (χ3n) is 1.86. The van der Waals surface area contributed by atoms with E-state index in [1.165, 1.54) is 0 Å². The minimum atomic E-state index is 0.345. The molecular formula is C10H7ClO2. The smallest absolute Gasteiger partial charge is 0.149 e. The Kier molecular flexibility index (Phi) is 2.07. The van der Waals surface area contributed by atoms with Gasteiger partial charge in [0.15, 0.2) is 0 Å². The summed E-state index contributed by atoms with van der Waals surface area (Å²) in [4.78, 5) is 10.5. The molecule has 13 heavy (non-hydrogen) atoms. The van der Waals surface area contributed by atoms with Gasteiger partial charge in [0, 0.05) is 16.2 Å². The number of fused-ring (bicyclic) bond motifs is 1. The second kappa shape index (κ2) is 3.23. The maximum absolute atomic E-state index is 10.5. The standard InChI is InChI=1S/C10H7ClO2/c11-9-1-2-10-8(4-9)3-7(5-12)6-13-10/h1-5H,6H2. The van der Waals surface area contributed by atoms with Crippen molar-refractivity contribution in [3.63, 3.8) is 0 Å². The van der Waals surface area contributed by atoms with Gasteiger partial charge in [-0.25, -0.2) is 0 Å². The lowest BCUT2D eigenvalue weighted by atomic mass is 10.1. The summed E-state index contributed by atoms with van der Waals surface area (Å²) in [7, 11) is 0. The summed E-state index contributed by atoms with van der Waals surface area (Å²) < 4.78 is 5.32.